The van der Waals surface area contributed by atoms with Crippen LogP contribution < -0.4 is 15.9 Å². The van der Waals surface area contributed by atoms with Crippen LogP contribution in [0.15, 0.2) is 24.5 Å². The lowest BCUT2D eigenvalue weighted by atomic mass is 10.0. The molecule has 1 amide bonds. The minimum absolute atomic E-state index is 0.0646. The number of aromatic nitrogens is 3. The summed E-state index contributed by atoms with van der Waals surface area (Å²) in [6, 6.07) is 2.67. The van der Waals surface area contributed by atoms with E-state index in [1.165, 1.54) is 31.7 Å². The zero-order valence-electron chi connectivity index (χ0n) is 26.8. The van der Waals surface area contributed by atoms with Crippen LogP contribution in [-0.4, -0.2) is 93.1 Å². The second-order valence-electron chi connectivity index (χ2n) is 13.0. The topological polar surface area (TPSA) is 153 Å². The molecule has 1 aromatic carbocycles. The molecule has 0 saturated carbocycles. The predicted octanol–water partition coefficient (Wildman–Crippen LogP) is 5.72. The van der Waals surface area contributed by atoms with Crippen molar-refractivity contribution in [2.45, 2.75) is 70.7 Å². The normalized spacial score (nSPS) is 16.4. The van der Waals surface area contributed by atoms with Crippen molar-refractivity contribution in [3.8, 4) is 11.3 Å². The number of anilines is 1. The monoisotopic (exact) mass is 667 g/mol. The van der Waals surface area contributed by atoms with E-state index < -0.39 is 36.9 Å². The highest BCUT2D eigenvalue weighted by atomic mass is 31.2. The maximum Gasteiger partial charge on any atom is 0.419 e. The van der Waals surface area contributed by atoms with E-state index in [2.05, 4.69) is 30.5 Å². The third-order valence-electron chi connectivity index (χ3n) is 7.61. The average molecular weight is 668 g/mol. The lowest BCUT2D eigenvalue weighted by molar-refractivity contribution is -0.137. The Hall–Kier alpha value is -3.48. The number of fused-ring (bicyclic) bond motifs is 1. The van der Waals surface area contributed by atoms with E-state index in [0.717, 1.165) is 51.4 Å². The van der Waals surface area contributed by atoms with Crippen LogP contribution in [0.25, 0.3) is 22.2 Å². The average Bonchev–Trinajstić information content (AvgIpc) is 3.36. The standard InChI is InChI=1S/C31H42F3N6O5P/c1-30(2,3)45-29(43)35-13-7-6-8-14-40-15-9-10-19(18-40)38-28-37-17-23(31(32,33)34)24(39-28)22-16-36-25-20(22)11-12-21(27(41)42)26(25)46(4,5)44/h11-12,16-17,19,44H,6-10,13-15,18H2,1-5H3,(H3-,35,36,37,38,39,41,42,43)/p+1/t19-/m0/s1. The van der Waals surface area contributed by atoms with Crippen molar-refractivity contribution in [2.75, 3.05) is 44.8 Å². The number of amides is 1. The predicted molar refractivity (Wildman–Crippen MR) is 173 cm³/mol. The molecule has 0 radical (unpaired) electrons. The minimum atomic E-state index is -4.74. The number of carbonyl (C=O) groups is 2. The van der Waals surface area contributed by atoms with Gasteiger partial charge >= 0.3 is 18.2 Å². The fraction of sp³-hybridized carbons (Fsp3) is 0.548. The summed E-state index contributed by atoms with van der Waals surface area (Å²) in [4.78, 5) is 48.1. The van der Waals surface area contributed by atoms with Crippen LogP contribution in [0.2, 0.25) is 0 Å². The van der Waals surface area contributed by atoms with Gasteiger partial charge in [0.2, 0.25) is 5.95 Å². The molecule has 1 atom stereocenters. The summed E-state index contributed by atoms with van der Waals surface area (Å²) in [6.45, 7) is 11.5. The Morgan fingerprint density at radius 2 is 1.91 bits per heavy atom. The Bertz CT molecular complexity index is 1550. The highest BCUT2D eigenvalue weighted by Gasteiger charge is 2.38. The second kappa shape index (κ2) is 14.1. The number of aromatic carboxylic acids is 1. The number of halogens is 3. The van der Waals surface area contributed by atoms with Gasteiger partial charge in [-0.25, -0.2) is 24.5 Å². The molecule has 11 nitrogen and oxygen atoms in total. The molecule has 1 aliphatic rings. The third-order valence-corrected chi connectivity index (χ3v) is 9.17. The van der Waals surface area contributed by atoms with Gasteiger partial charge in [0.15, 0.2) is 12.8 Å². The van der Waals surface area contributed by atoms with Crippen molar-refractivity contribution in [1.29, 1.82) is 0 Å². The number of nitrogens with zero attached hydrogens (tertiary/aromatic N) is 3. The number of H-pyrrole nitrogens is 1. The molecule has 5 N–H and O–H groups in total. The van der Waals surface area contributed by atoms with Gasteiger partial charge in [0.05, 0.1) is 24.5 Å². The van der Waals surface area contributed by atoms with Crippen LogP contribution in [0.3, 0.4) is 0 Å². The molecule has 1 fully saturated rings. The van der Waals surface area contributed by atoms with Gasteiger partial charge in [0.25, 0.3) is 0 Å². The zero-order chi connectivity index (χ0) is 33.9. The third kappa shape index (κ3) is 9.07. The number of carboxylic acid groups (broad SMARTS) is 1. The van der Waals surface area contributed by atoms with Crippen LogP contribution in [-0.2, 0) is 10.9 Å². The van der Waals surface area contributed by atoms with Crippen molar-refractivity contribution in [2.24, 2.45) is 0 Å². The Balaban J connectivity index is 1.46. The summed E-state index contributed by atoms with van der Waals surface area (Å²) in [7, 11) is -2.90. The van der Waals surface area contributed by atoms with Gasteiger partial charge in [0.1, 0.15) is 16.7 Å². The number of likely N-dealkylation sites (tertiary alicyclic amines) is 1. The fourth-order valence-electron chi connectivity index (χ4n) is 5.69. The van der Waals surface area contributed by atoms with Crippen LogP contribution in [0.4, 0.5) is 23.9 Å². The summed E-state index contributed by atoms with van der Waals surface area (Å²) < 4.78 is 47.7. The van der Waals surface area contributed by atoms with Crippen molar-refractivity contribution < 1.29 is 37.5 Å². The molecule has 0 bridgehead atoms. The number of carbonyl (C=O) groups excluding carboxylic acids is 1. The molecule has 4 rings (SSSR count). The Morgan fingerprint density at radius 1 is 1.17 bits per heavy atom. The molecule has 0 unspecified atom stereocenters. The number of rotatable bonds is 11. The number of aromatic amines is 1. The molecule has 46 heavy (non-hydrogen) atoms. The molecular weight excluding hydrogens is 624 g/mol. The van der Waals surface area contributed by atoms with Crippen LogP contribution >= 0.6 is 7.49 Å². The minimum Gasteiger partial charge on any atom is -0.478 e. The molecule has 2 aromatic heterocycles. The van der Waals surface area contributed by atoms with Crippen molar-refractivity contribution >= 4 is 41.7 Å². The highest BCUT2D eigenvalue weighted by Crippen LogP contribution is 2.48. The number of ether oxygens (including phenoxy) is 1. The second-order valence-corrected chi connectivity index (χ2v) is 16.2. The van der Waals surface area contributed by atoms with E-state index in [9.17, 15) is 32.8 Å². The van der Waals surface area contributed by atoms with Crippen molar-refractivity contribution in [3.63, 3.8) is 0 Å². The number of carboxylic acids is 1. The SMILES string of the molecule is CC(C)(C)OC(=O)NCCCCCN1CCC[C@H](Nc2ncc(C(F)(F)F)c(-c3c[nH]c4c([P+](C)(C)O)c(C(=O)O)ccc34)n2)C1. The van der Waals surface area contributed by atoms with Gasteiger partial charge in [-0.3, -0.25) is 0 Å². The van der Waals surface area contributed by atoms with Crippen molar-refractivity contribution in [3.05, 3.63) is 35.7 Å². The molecular formula is C31H43F3N6O5P+. The Kier molecular flexibility index (Phi) is 10.8. The van der Waals surface area contributed by atoms with Gasteiger partial charge < -0.3 is 30.4 Å². The maximum atomic E-state index is 14.2. The number of alkyl carbamates (subject to hydrolysis) is 1. The van der Waals surface area contributed by atoms with Crippen molar-refractivity contribution in [1.82, 2.24) is 25.2 Å². The first-order valence-corrected chi connectivity index (χ1v) is 17.9. The summed E-state index contributed by atoms with van der Waals surface area (Å²) in [5.74, 6) is -1.17. The number of hydrogen-bond acceptors (Lipinski definition) is 8. The van der Waals surface area contributed by atoms with E-state index >= 15 is 0 Å². The number of nitrogens with one attached hydrogen (secondary N) is 3. The largest absolute Gasteiger partial charge is 0.478 e. The number of piperidine rings is 1. The first-order valence-electron chi connectivity index (χ1n) is 15.3. The van der Waals surface area contributed by atoms with Gasteiger partial charge in [-0.05, 0) is 65.6 Å². The van der Waals surface area contributed by atoms with Gasteiger partial charge in [0, 0.05) is 42.5 Å². The summed E-state index contributed by atoms with van der Waals surface area (Å²) >= 11 is 0. The number of hydrogen-bond donors (Lipinski definition) is 5. The number of benzene rings is 1. The molecule has 3 heterocycles. The van der Waals surface area contributed by atoms with E-state index in [-0.39, 0.29) is 39.6 Å². The van der Waals surface area contributed by atoms with Crippen LogP contribution in [0.5, 0.6) is 0 Å². The molecule has 0 aliphatic carbocycles. The number of unbranched alkanes of at least 4 members (excludes halogenated alkanes) is 2. The molecule has 3 aromatic rings. The van der Waals surface area contributed by atoms with E-state index in [1.807, 2.05) is 20.8 Å². The van der Waals surface area contributed by atoms with E-state index in [0.29, 0.717) is 18.5 Å². The fourth-order valence-corrected chi connectivity index (χ4v) is 7.18. The number of alkyl halides is 3. The first-order chi connectivity index (χ1) is 21.4. The first kappa shape index (κ1) is 35.4. The van der Waals surface area contributed by atoms with Crippen LogP contribution in [0, 0.1) is 0 Å². The van der Waals surface area contributed by atoms with Gasteiger partial charge in [-0.15, -0.1) is 0 Å². The summed E-state index contributed by atoms with van der Waals surface area (Å²) in [5.41, 5.74) is -1.61. The molecule has 1 saturated heterocycles. The quantitative estimate of drug-likeness (QED) is 0.128. The molecule has 252 valence electrons. The maximum absolute atomic E-state index is 14.2. The zero-order valence-corrected chi connectivity index (χ0v) is 27.7. The lowest BCUT2D eigenvalue weighted by Gasteiger charge is -2.33. The van der Waals surface area contributed by atoms with Crippen LogP contribution in [0.1, 0.15) is 68.8 Å². The van der Waals surface area contributed by atoms with E-state index in [1.54, 1.807) is 0 Å². The highest BCUT2D eigenvalue weighted by molar-refractivity contribution is 7.77. The summed E-state index contributed by atoms with van der Waals surface area (Å²) in [6.07, 6.45) is 1.35. The smallest absolute Gasteiger partial charge is 0.419 e. The van der Waals surface area contributed by atoms with Gasteiger partial charge in [-0.2, -0.15) is 13.2 Å². The van der Waals surface area contributed by atoms with E-state index in [4.69, 9.17) is 4.74 Å². The molecule has 1 aliphatic heterocycles. The van der Waals surface area contributed by atoms with Gasteiger partial charge in [-0.1, -0.05) is 12.5 Å². The lowest BCUT2D eigenvalue weighted by Crippen LogP contribution is -2.42. The summed E-state index contributed by atoms with van der Waals surface area (Å²) in [5, 5.41) is 16.2. The Morgan fingerprint density at radius 3 is 2.57 bits per heavy atom. The Labute approximate surface area is 266 Å². The molecule has 15 heteroatoms. The molecule has 0 spiro atoms.